The maximum atomic E-state index is 12.2. The molecule has 0 spiro atoms. The van der Waals surface area contributed by atoms with Gasteiger partial charge in [0.25, 0.3) is 0 Å². The molecule has 0 bridgehead atoms. The number of carbonyl (C=O) groups excluding carboxylic acids is 2. The molecule has 1 unspecified atom stereocenters. The molecule has 0 N–H and O–H groups in total. The molecule has 1 atom stereocenters. The van der Waals surface area contributed by atoms with Gasteiger partial charge in [-0.3, -0.25) is 9.59 Å². The van der Waals surface area contributed by atoms with E-state index >= 15 is 0 Å². The summed E-state index contributed by atoms with van der Waals surface area (Å²) in [7, 11) is 0. The Bertz CT molecular complexity index is 463. The number of carbonyl (C=O) groups is 2. The fourth-order valence-corrected chi connectivity index (χ4v) is 1.85. The average molecular weight is 228 g/mol. The number of Topliss-reactive ketones (excluding diaryl/α,β-unsaturated/α-hetero) is 2. The summed E-state index contributed by atoms with van der Waals surface area (Å²) in [6, 6.07) is 6.21. The third kappa shape index (κ3) is 1.62. The van der Waals surface area contributed by atoms with Gasteiger partial charge in [-0.15, -0.1) is 0 Å². The van der Waals surface area contributed by atoms with Crippen molar-refractivity contribution in [2.24, 2.45) is 5.92 Å². The summed E-state index contributed by atoms with van der Waals surface area (Å²) in [5.41, 5.74) is 0.736. The van der Waals surface area contributed by atoms with Crippen molar-refractivity contribution in [3.05, 3.63) is 35.4 Å². The van der Waals surface area contributed by atoms with E-state index in [1.807, 2.05) is 0 Å². The molecule has 1 aromatic carbocycles. The second kappa shape index (κ2) is 3.43. The Hall–Kier alpha value is -1.65. The number of hydrogen-bond acceptors (Lipinski definition) is 2. The summed E-state index contributed by atoms with van der Waals surface area (Å²) >= 11 is 0. The van der Waals surface area contributed by atoms with Gasteiger partial charge in [-0.25, -0.2) is 0 Å². The maximum Gasteiger partial charge on any atom is 0.450 e. The predicted molar refractivity (Wildman–Crippen MR) is 49.0 cm³/mol. The van der Waals surface area contributed by atoms with Crippen LogP contribution in [0.25, 0.3) is 0 Å². The summed E-state index contributed by atoms with van der Waals surface area (Å²) in [6.45, 7) is 0. The molecule has 0 heterocycles. The highest BCUT2D eigenvalue weighted by Gasteiger charge is 2.48. The molecule has 84 valence electrons. The van der Waals surface area contributed by atoms with Crippen molar-refractivity contribution in [3.8, 4) is 0 Å². The van der Waals surface area contributed by atoms with E-state index in [-0.39, 0.29) is 12.0 Å². The summed E-state index contributed by atoms with van der Waals surface area (Å²) < 4.78 is 36.6. The van der Waals surface area contributed by atoms with Crippen molar-refractivity contribution < 1.29 is 22.8 Å². The normalized spacial score (nSPS) is 19.7. The molecule has 2 nitrogen and oxygen atoms in total. The van der Waals surface area contributed by atoms with Crippen LogP contribution in [0.15, 0.2) is 24.3 Å². The molecule has 2 rings (SSSR count). The number of fused-ring (bicyclic) bond motifs is 1. The van der Waals surface area contributed by atoms with Crippen LogP contribution < -0.4 is 0 Å². The molecule has 0 amide bonds. The molecular formula is C11H7F3O2. The van der Waals surface area contributed by atoms with Gasteiger partial charge in [0.2, 0.25) is 5.78 Å². The van der Waals surface area contributed by atoms with Crippen molar-refractivity contribution in [3.63, 3.8) is 0 Å². The minimum Gasteiger partial charge on any atom is -0.293 e. The van der Waals surface area contributed by atoms with E-state index < -0.39 is 23.7 Å². The van der Waals surface area contributed by atoms with Crippen LogP contribution in [-0.2, 0) is 11.2 Å². The largest absolute Gasteiger partial charge is 0.450 e. The lowest BCUT2D eigenvalue weighted by Crippen LogP contribution is -2.33. The average Bonchev–Trinajstić information content (AvgIpc) is 2.54. The van der Waals surface area contributed by atoms with Gasteiger partial charge < -0.3 is 0 Å². The zero-order valence-corrected chi connectivity index (χ0v) is 8.04. The molecule has 16 heavy (non-hydrogen) atoms. The van der Waals surface area contributed by atoms with Gasteiger partial charge in [0.15, 0.2) is 5.78 Å². The first-order chi connectivity index (χ1) is 7.41. The Kier molecular flexibility index (Phi) is 2.33. The minimum absolute atomic E-state index is 0.145. The van der Waals surface area contributed by atoms with E-state index in [9.17, 15) is 22.8 Å². The summed E-state index contributed by atoms with van der Waals surface area (Å²) in [5.74, 6) is -4.26. The molecule has 0 radical (unpaired) electrons. The molecule has 0 aliphatic heterocycles. The van der Waals surface area contributed by atoms with Gasteiger partial charge in [-0.1, -0.05) is 24.3 Å². The van der Waals surface area contributed by atoms with Crippen molar-refractivity contribution in [1.82, 2.24) is 0 Å². The standard InChI is InChI=1S/C11H7F3O2/c12-11(13,14)10(16)8-5-6-3-1-2-4-7(6)9(8)15/h1-4,8H,5H2. The van der Waals surface area contributed by atoms with Gasteiger partial charge >= 0.3 is 6.18 Å². The van der Waals surface area contributed by atoms with Crippen LogP contribution in [0.4, 0.5) is 13.2 Å². The van der Waals surface area contributed by atoms with Gasteiger partial charge in [-0.2, -0.15) is 13.2 Å². The number of hydrogen-bond donors (Lipinski definition) is 0. The van der Waals surface area contributed by atoms with Crippen LogP contribution in [-0.4, -0.2) is 17.7 Å². The highest BCUT2D eigenvalue weighted by atomic mass is 19.4. The number of rotatable bonds is 1. The Labute approximate surface area is 89.1 Å². The summed E-state index contributed by atoms with van der Waals surface area (Å²) in [4.78, 5) is 22.6. The van der Waals surface area contributed by atoms with Crippen LogP contribution in [0.2, 0.25) is 0 Å². The highest BCUT2D eigenvalue weighted by molar-refractivity contribution is 6.15. The summed E-state index contributed by atoms with van der Waals surface area (Å²) in [6.07, 6.45) is -5.09. The first-order valence-corrected chi connectivity index (χ1v) is 4.64. The first kappa shape index (κ1) is 10.9. The van der Waals surface area contributed by atoms with E-state index in [0.717, 1.165) is 0 Å². The Morgan fingerprint density at radius 1 is 1.25 bits per heavy atom. The first-order valence-electron chi connectivity index (χ1n) is 4.64. The van der Waals surface area contributed by atoms with Crippen molar-refractivity contribution in [2.75, 3.05) is 0 Å². The van der Waals surface area contributed by atoms with E-state index in [1.165, 1.54) is 6.07 Å². The Morgan fingerprint density at radius 3 is 2.44 bits per heavy atom. The van der Waals surface area contributed by atoms with Gasteiger partial charge in [0.05, 0.1) is 5.92 Å². The lowest BCUT2D eigenvalue weighted by molar-refractivity contribution is -0.173. The second-order valence-electron chi connectivity index (χ2n) is 3.64. The van der Waals surface area contributed by atoms with Crippen LogP contribution in [0.3, 0.4) is 0 Å². The van der Waals surface area contributed by atoms with E-state index in [1.54, 1.807) is 18.2 Å². The molecule has 0 aromatic heterocycles. The molecular weight excluding hydrogens is 221 g/mol. The molecule has 1 aromatic rings. The van der Waals surface area contributed by atoms with Crippen molar-refractivity contribution in [2.45, 2.75) is 12.6 Å². The lowest BCUT2D eigenvalue weighted by atomic mass is 9.99. The van der Waals surface area contributed by atoms with Crippen LogP contribution in [0, 0.1) is 5.92 Å². The van der Waals surface area contributed by atoms with Gasteiger partial charge in [0, 0.05) is 5.56 Å². The maximum absolute atomic E-state index is 12.2. The lowest BCUT2D eigenvalue weighted by Gasteiger charge is -2.09. The van der Waals surface area contributed by atoms with E-state index in [4.69, 9.17) is 0 Å². The molecule has 1 aliphatic rings. The van der Waals surface area contributed by atoms with Crippen molar-refractivity contribution in [1.29, 1.82) is 0 Å². The second-order valence-corrected chi connectivity index (χ2v) is 3.64. The zero-order chi connectivity index (χ0) is 11.9. The fourth-order valence-electron chi connectivity index (χ4n) is 1.85. The topological polar surface area (TPSA) is 34.1 Å². The SMILES string of the molecule is O=C1c2ccccc2CC1C(=O)C(F)(F)F. The monoisotopic (exact) mass is 228 g/mol. The fraction of sp³-hybridized carbons (Fsp3) is 0.273. The van der Waals surface area contributed by atoms with Crippen molar-refractivity contribution >= 4 is 11.6 Å². The van der Waals surface area contributed by atoms with Crippen LogP contribution in [0.1, 0.15) is 15.9 Å². The van der Waals surface area contributed by atoms with E-state index in [0.29, 0.717) is 5.56 Å². The smallest absolute Gasteiger partial charge is 0.293 e. The van der Waals surface area contributed by atoms with E-state index in [2.05, 4.69) is 0 Å². The predicted octanol–water partition coefficient (Wildman–Crippen LogP) is 2.17. The Morgan fingerprint density at radius 2 is 1.88 bits per heavy atom. The molecule has 0 saturated carbocycles. The van der Waals surface area contributed by atoms with Gasteiger partial charge in [0.1, 0.15) is 0 Å². The number of alkyl halides is 3. The number of halogens is 3. The molecule has 1 aliphatic carbocycles. The van der Waals surface area contributed by atoms with Gasteiger partial charge in [-0.05, 0) is 12.0 Å². The molecule has 0 saturated heterocycles. The quantitative estimate of drug-likeness (QED) is 0.690. The zero-order valence-electron chi connectivity index (χ0n) is 8.04. The van der Waals surface area contributed by atoms with Crippen LogP contribution >= 0.6 is 0 Å². The highest BCUT2D eigenvalue weighted by Crippen LogP contribution is 2.32. The minimum atomic E-state index is -4.94. The third-order valence-corrected chi connectivity index (χ3v) is 2.62. The Balaban J connectivity index is 2.33. The molecule has 5 heteroatoms. The number of ketones is 2. The van der Waals surface area contributed by atoms with Crippen LogP contribution in [0.5, 0.6) is 0 Å². The molecule has 0 fully saturated rings. The summed E-state index contributed by atoms with van der Waals surface area (Å²) in [5, 5.41) is 0. The number of benzene rings is 1. The third-order valence-electron chi connectivity index (χ3n) is 2.62.